The molecule has 8 heteroatoms. The van der Waals surface area contributed by atoms with Gasteiger partial charge in [-0.15, -0.1) is 0 Å². The second-order valence-electron chi connectivity index (χ2n) is 6.86. The first-order chi connectivity index (χ1) is 12.8. The van der Waals surface area contributed by atoms with Gasteiger partial charge in [0.2, 0.25) is 15.9 Å². The Labute approximate surface area is 162 Å². The van der Waals surface area contributed by atoms with Crippen molar-refractivity contribution in [2.24, 2.45) is 11.7 Å². The zero-order chi connectivity index (χ0) is 20.0. The number of benzene rings is 1. The molecule has 7 nitrogen and oxygen atoms in total. The number of nitrogens with one attached hydrogen (secondary N) is 1. The smallest absolute Gasteiger partial charge is 0.243 e. The number of nitrogens with zero attached hydrogens (tertiary/aromatic N) is 1. The molecule has 2 rings (SSSR count). The molecule has 0 aliphatic carbocycles. The van der Waals surface area contributed by atoms with E-state index in [1.165, 1.54) is 4.31 Å². The Morgan fingerprint density at radius 2 is 1.78 bits per heavy atom. The summed E-state index contributed by atoms with van der Waals surface area (Å²) in [5.74, 6) is -0.0539. The number of rotatable bonds is 8. The van der Waals surface area contributed by atoms with Crippen LogP contribution in [0.5, 0.6) is 0 Å². The minimum atomic E-state index is -3.48. The number of hydrogen-bond donors (Lipinski definition) is 2. The molecule has 0 aromatic heterocycles. The fraction of sp³-hybridized carbons (Fsp3) is 0.632. The van der Waals surface area contributed by atoms with Gasteiger partial charge < -0.3 is 15.8 Å². The van der Waals surface area contributed by atoms with Crippen LogP contribution in [0.4, 0.5) is 0 Å². The summed E-state index contributed by atoms with van der Waals surface area (Å²) in [6.07, 6.45) is 1.59. The zero-order valence-corrected chi connectivity index (χ0v) is 17.2. The number of carbonyl (C=O) groups excluding carboxylic acids is 1. The third-order valence-electron chi connectivity index (χ3n) is 5.16. The van der Waals surface area contributed by atoms with Crippen molar-refractivity contribution in [1.82, 2.24) is 9.62 Å². The van der Waals surface area contributed by atoms with E-state index in [-0.39, 0.29) is 22.8 Å². The predicted molar refractivity (Wildman–Crippen MR) is 105 cm³/mol. The maximum absolute atomic E-state index is 12.5. The average molecular weight is 398 g/mol. The number of ether oxygens (including phenoxy) is 1. The van der Waals surface area contributed by atoms with E-state index in [1.54, 1.807) is 24.3 Å². The molecule has 1 aliphatic rings. The third kappa shape index (κ3) is 5.28. The van der Waals surface area contributed by atoms with Gasteiger partial charge in [-0.1, -0.05) is 26.0 Å². The Bertz CT molecular complexity index is 711. The van der Waals surface area contributed by atoms with Gasteiger partial charge in [-0.3, -0.25) is 4.79 Å². The summed E-state index contributed by atoms with van der Waals surface area (Å²) < 4.78 is 31.8. The second-order valence-corrected chi connectivity index (χ2v) is 8.80. The van der Waals surface area contributed by atoms with Gasteiger partial charge in [0.15, 0.2) is 0 Å². The molecule has 1 aliphatic heterocycles. The number of amides is 1. The van der Waals surface area contributed by atoms with Crippen LogP contribution in [0.15, 0.2) is 29.2 Å². The van der Waals surface area contributed by atoms with Crippen molar-refractivity contribution >= 4 is 15.9 Å². The van der Waals surface area contributed by atoms with E-state index in [4.69, 9.17) is 10.5 Å². The largest absolute Gasteiger partial charge is 0.381 e. The molecule has 3 N–H and O–H groups in total. The topological polar surface area (TPSA) is 102 Å². The molecule has 1 aromatic carbocycles. The van der Waals surface area contributed by atoms with Crippen molar-refractivity contribution in [2.45, 2.75) is 50.6 Å². The van der Waals surface area contributed by atoms with Crippen LogP contribution in [0.1, 0.15) is 45.2 Å². The molecule has 1 amide bonds. The average Bonchev–Trinajstić information content (AvgIpc) is 2.68. The molecule has 1 aromatic rings. The Morgan fingerprint density at radius 1 is 1.22 bits per heavy atom. The van der Waals surface area contributed by atoms with Crippen molar-refractivity contribution in [1.29, 1.82) is 0 Å². The number of hydrogen-bond acceptors (Lipinski definition) is 5. The SMILES string of the molecule is CCN(CC)S(=O)(=O)c1ccc(C(C)NC(=O)C(N)C2CCOCC2)cc1. The quantitative estimate of drug-likeness (QED) is 0.694. The highest BCUT2D eigenvalue weighted by atomic mass is 32.2. The zero-order valence-electron chi connectivity index (χ0n) is 16.3. The van der Waals surface area contributed by atoms with Crippen LogP contribution in [0.2, 0.25) is 0 Å². The maximum atomic E-state index is 12.5. The normalized spacial score (nSPS) is 18.3. The summed E-state index contributed by atoms with van der Waals surface area (Å²) in [5.41, 5.74) is 6.95. The first kappa shape index (κ1) is 21.8. The molecule has 2 atom stereocenters. The van der Waals surface area contributed by atoms with Crippen molar-refractivity contribution < 1.29 is 17.9 Å². The number of nitrogens with two attached hydrogens (primary N) is 1. The van der Waals surface area contributed by atoms with E-state index in [9.17, 15) is 13.2 Å². The molecule has 27 heavy (non-hydrogen) atoms. The lowest BCUT2D eigenvalue weighted by molar-refractivity contribution is -0.125. The fourth-order valence-electron chi connectivity index (χ4n) is 3.32. The van der Waals surface area contributed by atoms with Crippen LogP contribution < -0.4 is 11.1 Å². The van der Waals surface area contributed by atoms with Gasteiger partial charge in [-0.2, -0.15) is 4.31 Å². The molecule has 1 fully saturated rings. The Balaban J connectivity index is 2.02. The van der Waals surface area contributed by atoms with Gasteiger partial charge in [0, 0.05) is 26.3 Å². The second kappa shape index (κ2) is 9.64. The van der Waals surface area contributed by atoms with Gasteiger partial charge in [0.25, 0.3) is 0 Å². The van der Waals surface area contributed by atoms with E-state index in [2.05, 4.69) is 5.32 Å². The predicted octanol–water partition coefficient (Wildman–Crippen LogP) is 1.65. The van der Waals surface area contributed by atoms with E-state index in [1.807, 2.05) is 20.8 Å². The van der Waals surface area contributed by atoms with E-state index >= 15 is 0 Å². The van der Waals surface area contributed by atoms with E-state index < -0.39 is 16.1 Å². The molecule has 1 saturated heterocycles. The Hall–Kier alpha value is -1.48. The van der Waals surface area contributed by atoms with Crippen LogP contribution in [-0.2, 0) is 19.6 Å². The van der Waals surface area contributed by atoms with Crippen molar-refractivity contribution in [3.8, 4) is 0 Å². The van der Waals surface area contributed by atoms with Gasteiger partial charge in [-0.05, 0) is 43.4 Å². The fourth-order valence-corrected chi connectivity index (χ4v) is 4.78. The molecule has 0 saturated carbocycles. The number of carbonyl (C=O) groups is 1. The molecule has 152 valence electrons. The van der Waals surface area contributed by atoms with Crippen LogP contribution in [0.3, 0.4) is 0 Å². The van der Waals surface area contributed by atoms with Gasteiger partial charge in [0.1, 0.15) is 0 Å². The summed E-state index contributed by atoms with van der Waals surface area (Å²) in [5, 5.41) is 2.93. The summed E-state index contributed by atoms with van der Waals surface area (Å²) in [7, 11) is -3.48. The molecule has 0 radical (unpaired) electrons. The van der Waals surface area contributed by atoms with E-state index in [0.717, 1.165) is 18.4 Å². The molecule has 0 spiro atoms. The summed E-state index contributed by atoms with van der Waals surface area (Å²) in [4.78, 5) is 12.7. The summed E-state index contributed by atoms with van der Waals surface area (Å²) in [6.45, 7) is 7.63. The minimum absolute atomic E-state index is 0.132. The van der Waals surface area contributed by atoms with Gasteiger partial charge in [-0.25, -0.2) is 8.42 Å². The molecule has 1 heterocycles. The van der Waals surface area contributed by atoms with Crippen molar-refractivity contribution in [3.63, 3.8) is 0 Å². The lowest BCUT2D eigenvalue weighted by Gasteiger charge is -2.28. The lowest BCUT2D eigenvalue weighted by Crippen LogP contribution is -2.47. The van der Waals surface area contributed by atoms with Crippen molar-refractivity contribution in [3.05, 3.63) is 29.8 Å². The molecule has 2 unspecified atom stereocenters. The first-order valence-electron chi connectivity index (χ1n) is 9.55. The van der Waals surface area contributed by atoms with Gasteiger partial charge in [0.05, 0.1) is 17.0 Å². The van der Waals surface area contributed by atoms with E-state index in [0.29, 0.717) is 26.3 Å². The first-order valence-corrected chi connectivity index (χ1v) is 11.0. The number of sulfonamides is 1. The highest BCUT2D eigenvalue weighted by molar-refractivity contribution is 7.89. The van der Waals surface area contributed by atoms with Crippen LogP contribution in [0, 0.1) is 5.92 Å². The Morgan fingerprint density at radius 3 is 2.30 bits per heavy atom. The van der Waals surface area contributed by atoms with Crippen LogP contribution >= 0.6 is 0 Å². The Kier molecular flexibility index (Phi) is 7.79. The molecular formula is C19H31N3O4S. The summed E-state index contributed by atoms with van der Waals surface area (Å²) in [6, 6.07) is 5.84. The molecule has 0 bridgehead atoms. The minimum Gasteiger partial charge on any atom is -0.381 e. The molecular weight excluding hydrogens is 366 g/mol. The van der Waals surface area contributed by atoms with Crippen LogP contribution in [-0.4, -0.2) is 51.0 Å². The lowest BCUT2D eigenvalue weighted by atomic mass is 9.91. The monoisotopic (exact) mass is 397 g/mol. The van der Waals surface area contributed by atoms with Gasteiger partial charge >= 0.3 is 0 Å². The third-order valence-corrected chi connectivity index (χ3v) is 7.22. The van der Waals surface area contributed by atoms with Crippen LogP contribution in [0.25, 0.3) is 0 Å². The highest BCUT2D eigenvalue weighted by Crippen LogP contribution is 2.21. The summed E-state index contributed by atoms with van der Waals surface area (Å²) >= 11 is 0. The maximum Gasteiger partial charge on any atom is 0.243 e. The highest BCUT2D eigenvalue weighted by Gasteiger charge is 2.27. The van der Waals surface area contributed by atoms with Crippen molar-refractivity contribution in [2.75, 3.05) is 26.3 Å². The standard InChI is InChI=1S/C19H31N3O4S/c1-4-22(5-2)27(24,25)17-8-6-15(7-9-17)14(3)21-19(23)18(20)16-10-12-26-13-11-16/h6-9,14,16,18H,4-5,10-13,20H2,1-3H3,(H,21,23).